The fraction of sp³-hybridized carbons (Fsp3) is 0.923. The Morgan fingerprint density at radius 1 is 1.26 bits per heavy atom. The molecule has 0 radical (unpaired) electrons. The average molecular weight is 275 g/mol. The summed E-state index contributed by atoms with van der Waals surface area (Å²) in [6, 6.07) is 0. The van der Waals surface area contributed by atoms with Crippen molar-refractivity contribution in [2.24, 2.45) is 5.73 Å². The zero-order valence-corrected chi connectivity index (χ0v) is 12.7. The van der Waals surface area contributed by atoms with E-state index in [1.54, 1.807) is 12.0 Å². The van der Waals surface area contributed by atoms with Crippen molar-refractivity contribution in [3.8, 4) is 0 Å². The van der Waals surface area contributed by atoms with Gasteiger partial charge in [-0.25, -0.2) is 4.79 Å². The van der Waals surface area contributed by atoms with Crippen molar-refractivity contribution >= 4 is 6.09 Å². The molecular formula is C13H29N3O3. The van der Waals surface area contributed by atoms with Gasteiger partial charge in [-0.1, -0.05) is 0 Å². The van der Waals surface area contributed by atoms with Crippen LogP contribution >= 0.6 is 0 Å². The van der Waals surface area contributed by atoms with Gasteiger partial charge in [-0.15, -0.1) is 0 Å². The predicted molar refractivity (Wildman–Crippen MR) is 76.2 cm³/mol. The van der Waals surface area contributed by atoms with Crippen LogP contribution in [0.25, 0.3) is 0 Å². The molecule has 0 fully saturated rings. The molecule has 6 nitrogen and oxygen atoms in total. The largest absolute Gasteiger partial charge is 0.444 e. The van der Waals surface area contributed by atoms with E-state index < -0.39 is 5.60 Å². The summed E-state index contributed by atoms with van der Waals surface area (Å²) in [6.07, 6.45) is 0.634. The molecule has 0 aromatic heterocycles. The van der Waals surface area contributed by atoms with Gasteiger partial charge in [0.2, 0.25) is 0 Å². The number of hydrogen-bond donors (Lipinski definition) is 2. The van der Waals surface area contributed by atoms with Crippen LogP contribution in [0.2, 0.25) is 0 Å². The first-order chi connectivity index (χ1) is 8.90. The number of methoxy groups -OCH3 is 1. The van der Waals surface area contributed by atoms with E-state index in [4.69, 9.17) is 15.2 Å². The number of amides is 1. The van der Waals surface area contributed by atoms with Crippen molar-refractivity contribution in [1.29, 1.82) is 0 Å². The maximum atomic E-state index is 12.0. The Labute approximate surface area is 116 Å². The predicted octanol–water partition coefficient (Wildman–Crippen LogP) is 0.808. The highest BCUT2D eigenvalue weighted by Gasteiger charge is 2.21. The fourth-order valence-corrected chi connectivity index (χ4v) is 1.39. The van der Waals surface area contributed by atoms with Crippen LogP contribution in [0.15, 0.2) is 0 Å². The number of carbonyl (C=O) groups excluding carboxylic acids is 1. The van der Waals surface area contributed by atoms with Crippen molar-refractivity contribution in [2.75, 3.05) is 46.4 Å². The summed E-state index contributed by atoms with van der Waals surface area (Å²) in [6.45, 7) is 9.48. The van der Waals surface area contributed by atoms with E-state index in [0.717, 1.165) is 19.5 Å². The maximum absolute atomic E-state index is 12.0. The molecule has 0 aromatic carbocycles. The van der Waals surface area contributed by atoms with Crippen LogP contribution in [-0.4, -0.2) is 63.0 Å². The third-order valence-electron chi connectivity index (χ3n) is 2.33. The Morgan fingerprint density at radius 2 is 1.95 bits per heavy atom. The molecule has 0 bridgehead atoms. The molecule has 114 valence electrons. The lowest BCUT2D eigenvalue weighted by Gasteiger charge is -2.27. The van der Waals surface area contributed by atoms with Crippen molar-refractivity contribution in [3.05, 3.63) is 0 Å². The summed E-state index contributed by atoms with van der Waals surface area (Å²) < 4.78 is 10.4. The van der Waals surface area contributed by atoms with E-state index in [2.05, 4.69) is 5.32 Å². The van der Waals surface area contributed by atoms with Gasteiger partial charge in [0.15, 0.2) is 0 Å². The summed E-state index contributed by atoms with van der Waals surface area (Å²) in [7, 11) is 1.62. The first-order valence-corrected chi connectivity index (χ1v) is 6.78. The smallest absolute Gasteiger partial charge is 0.410 e. The second-order valence-corrected chi connectivity index (χ2v) is 5.35. The molecule has 19 heavy (non-hydrogen) atoms. The number of nitrogens with one attached hydrogen (secondary N) is 1. The SMILES string of the molecule is COCCN(CCNCCCN)C(=O)OC(C)(C)C. The second-order valence-electron chi connectivity index (χ2n) is 5.35. The number of nitrogens with zero attached hydrogens (tertiary/aromatic N) is 1. The Kier molecular flexibility index (Phi) is 9.55. The normalized spacial score (nSPS) is 11.4. The van der Waals surface area contributed by atoms with Crippen LogP contribution in [-0.2, 0) is 9.47 Å². The molecule has 0 aliphatic rings. The van der Waals surface area contributed by atoms with Gasteiger partial charge in [0.05, 0.1) is 6.61 Å². The molecule has 0 spiro atoms. The summed E-state index contributed by atoms with van der Waals surface area (Å²) in [5.74, 6) is 0. The first kappa shape index (κ1) is 18.1. The minimum absolute atomic E-state index is 0.301. The van der Waals surface area contributed by atoms with Crippen molar-refractivity contribution in [3.63, 3.8) is 0 Å². The summed E-state index contributed by atoms with van der Waals surface area (Å²) in [5, 5.41) is 3.24. The lowest BCUT2D eigenvalue weighted by molar-refractivity contribution is 0.0204. The summed E-state index contributed by atoms with van der Waals surface area (Å²) in [4.78, 5) is 13.6. The van der Waals surface area contributed by atoms with Gasteiger partial charge in [0.25, 0.3) is 0 Å². The lowest BCUT2D eigenvalue weighted by atomic mass is 10.2. The van der Waals surface area contributed by atoms with Crippen molar-refractivity contribution in [1.82, 2.24) is 10.2 Å². The lowest BCUT2D eigenvalue weighted by Crippen LogP contribution is -2.42. The minimum Gasteiger partial charge on any atom is -0.444 e. The van der Waals surface area contributed by atoms with E-state index >= 15 is 0 Å². The molecule has 1 amide bonds. The quantitative estimate of drug-likeness (QED) is 0.609. The molecule has 0 rings (SSSR count). The van der Waals surface area contributed by atoms with Gasteiger partial charge in [0.1, 0.15) is 5.60 Å². The van der Waals surface area contributed by atoms with Gasteiger partial charge < -0.3 is 25.4 Å². The minimum atomic E-state index is -0.477. The highest BCUT2D eigenvalue weighted by molar-refractivity contribution is 5.68. The highest BCUT2D eigenvalue weighted by Crippen LogP contribution is 2.09. The second kappa shape index (κ2) is 10.00. The first-order valence-electron chi connectivity index (χ1n) is 6.78. The zero-order chi connectivity index (χ0) is 14.7. The fourth-order valence-electron chi connectivity index (χ4n) is 1.39. The maximum Gasteiger partial charge on any atom is 0.410 e. The molecule has 0 saturated carbocycles. The van der Waals surface area contributed by atoms with E-state index in [9.17, 15) is 4.79 Å². The third-order valence-corrected chi connectivity index (χ3v) is 2.33. The molecular weight excluding hydrogens is 246 g/mol. The van der Waals surface area contributed by atoms with Crippen molar-refractivity contribution < 1.29 is 14.3 Å². The van der Waals surface area contributed by atoms with Gasteiger partial charge in [-0.2, -0.15) is 0 Å². The van der Waals surface area contributed by atoms with Crippen LogP contribution in [0.3, 0.4) is 0 Å². The average Bonchev–Trinajstić information content (AvgIpc) is 2.30. The highest BCUT2D eigenvalue weighted by atomic mass is 16.6. The summed E-state index contributed by atoms with van der Waals surface area (Å²) >= 11 is 0. The number of ether oxygens (including phenoxy) is 2. The Hall–Kier alpha value is -0.850. The molecule has 3 N–H and O–H groups in total. The van der Waals surface area contributed by atoms with Crippen LogP contribution in [0.5, 0.6) is 0 Å². The van der Waals surface area contributed by atoms with Crippen LogP contribution in [0, 0.1) is 0 Å². The van der Waals surface area contributed by atoms with E-state index in [1.165, 1.54) is 0 Å². The molecule has 0 heterocycles. The Balaban J connectivity index is 4.10. The molecule has 0 atom stereocenters. The molecule has 0 aliphatic heterocycles. The van der Waals surface area contributed by atoms with Gasteiger partial charge in [-0.3, -0.25) is 0 Å². The molecule has 0 aliphatic carbocycles. The molecule has 6 heteroatoms. The standard InChI is InChI=1S/C13H29N3O3/c1-13(2,3)19-12(17)16(10-11-18-4)9-8-15-7-5-6-14/h15H,5-11,14H2,1-4H3. The summed E-state index contributed by atoms with van der Waals surface area (Å²) in [5.41, 5.74) is 4.94. The number of nitrogens with two attached hydrogens (primary N) is 1. The third kappa shape index (κ3) is 10.7. The van der Waals surface area contributed by atoms with Crippen LogP contribution in [0.1, 0.15) is 27.2 Å². The topological polar surface area (TPSA) is 76.8 Å². The van der Waals surface area contributed by atoms with Gasteiger partial charge in [0, 0.05) is 26.7 Å². The van der Waals surface area contributed by atoms with Gasteiger partial charge in [-0.05, 0) is 40.3 Å². The zero-order valence-electron chi connectivity index (χ0n) is 12.7. The van der Waals surface area contributed by atoms with E-state index in [-0.39, 0.29) is 6.09 Å². The van der Waals surface area contributed by atoms with Crippen LogP contribution in [0.4, 0.5) is 4.79 Å². The van der Waals surface area contributed by atoms with Gasteiger partial charge >= 0.3 is 6.09 Å². The van der Waals surface area contributed by atoms with Crippen molar-refractivity contribution in [2.45, 2.75) is 32.8 Å². The number of hydrogen-bond acceptors (Lipinski definition) is 5. The monoisotopic (exact) mass is 275 g/mol. The molecule has 0 aromatic rings. The number of rotatable bonds is 9. The van der Waals surface area contributed by atoms with Crippen LogP contribution < -0.4 is 11.1 Å². The molecule has 0 saturated heterocycles. The Morgan fingerprint density at radius 3 is 2.47 bits per heavy atom. The number of carbonyl (C=O) groups is 1. The molecule has 0 unspecified atom stereocenters. The van der Waals surface area contributed by atoms with E-state index in [0.29, 0.717) is 26.2 Å². The Bertz CT molecular complexity index is 242. The van der Waals surface area contributed by atoms with E-state index in [1.807, 2.05) is 20.8 Å².